The Kier molecular flexibility index (Phi) is 4.99. The number of phenolic OH excluding ortho intramolecular Hbond substituents is 1. The Bertz CT molecular complexity index is 1060. The highest BCUT2D eigenvalue weighted by atomic mass is 16.3. The molecular weight excluding hydrogens is 370 g/mol. The number of carbonyl (C=O) groups excluding carboxylic acids is 2. The van der Waals surface area contributed by atoms with Gasteiger partial charge in [0.05, 0.1) is 17.0 Å². The third kappa shape index (κ3) is 3.96. The van der Waals surface area contributed by atoms with E-state index in [0.717, 1.165) is 18.5 Å². The number of anilines is 1. The van der Waals surface area contributed by atoms with Gasteiger partial charge in [-0.2, -0.15) is 9.78 Å². The highest BCUT2D eigenvalue weighted by molar-refractivity contribution is 6.04. The van der Waals surface area contributed by atoms with E-state index in [2.05, 4.69) is 20.7 Å². The molecule has 4 rings (SSSR count). The molecule has 8 nitrogen and oxygen atoms in total. The van der Waals surface area contributed by atoms with E-state index in [1.165, 1.54) is 16.9 Å². The fraction of sp³-hybridized carbons (Fsp3) is 0.238. The van der Waals surface area contributed by atoms with Gasteiger partial charge in [-0.1, -0.05) is 0 Å². The summed E-state index contributed by atoms with van der Waals surface area (Å²) >= 11 is 0. The molecule has 3 N–H and O–H groups in total. The van der Waals surface area contributed by atoms with Crippen LogP contribution in [0.5, 0.6) is 5.75 Å². The third-order valence-electron chi connectivity index (χ3n) is 4.71. The number of rotatable bonds is 5. The smallest absolute Gasteiger partial charge is 0.342 e. The summed E-state index contributed by atoms with van der Waals surface area (Å²) in [5, 5.41) is 20.3. The van der Waals surface area contributed by atoms with Crippen LogP contribution in [-0.4, -0.2) is 38.4 Å². The van der Waals surface area contributed by atoms with Crippen molar-refractivity contribution in [1.82, 2.24) is 20.1 Å². The van der Waals surface area contributed by atoms with Crippen molar-refractivity contribution in [2.45, 2.75) is 25.7 Å². The predicted molar refractivity (Wildman–Crippen MR) is 108 cm³/mol. The van der Waals surface area contributed by atoms with Gasteiger partial charge in [-0.25, -0.2) is 4.79 Å². The molecule has 0 bridgehead atoms. The Balaban J connectivity index is 1.65. The van der Waals surface area contributed by atoms with Crippen molar-refractivity contribution in [3.8, 4) is 17.0 Å². The van der Waals surface area contributed by atoms with Gasteiger partial charge in [-0.3, -0.25) is 9.78 Å². The van der Waals surface area contributed by atoms with Crippen molar-refractivity contribution in [3.63, 3.8) is 0 Å². The third-order valence-corrected chi connectivity index (χ3v) is 4.71. The minimum atomic E-state index is -0.304. The molecule has 2 amide bonds. The molecule has 29 heavy (non-hydrogen) atoms. The lowest BCUT2D eigenvalue weighted by atomic mass is 10.1. The average Bonchev–Trinajstić information content (AvgIpc) is 3.48. The van der Waals surface area contributed by atoms with E-state index in [1.54, 1.807) is 30.5 Å². The summed E-state index contributed by atoms with van der Waals surface area (Å²) in [6.45, 7) is 2.35. The second-order valence-electron chi connectivity index (χ2n) is 6.90. The van der Waals surface area contributed by atoms with Crippen molar-refractivity contribution in [2.24, 2.45) is 0 Å². The summed E-state index contributed by atoms with van der Waals surface area (Å²) in [5.74, 6) is 0.0167. The first kappa shape index (κ1) is 18.7. The van der Waals surface area contributed by atoms with Crippen molar-refractivity contribution in [1.29, 1.82) is 0 Å². The Morgan fingerprint density at radius 3 is 2.76 bits per heavy atom. The van der Waals surface area contributed by atoms with Gasteiger partial charge in [0.15, 0.2) is 0 Å². The highest BCUT2D eigenvalue weighted by Crippen LogP contribution is 2.42. The maximum absolute atomic E-state index is 12.4. The Hall–Kier alpha value is -3.68. The van der Waals surface area contributed by atoms with Gasteiger partial charge in [0.1, 0.15) is 5.75 Å². The number of hydrogen-bond donors (Lipinski definition) is 3. The number of carbonyl (C=O) groups is 2. The molecule has 1 aliphatic rings. The number of nitrogens with zero attached hydrogens (tertiary/aromatic N) is 3. The Labute approximate surface area is 167 Å². The molecule has 2 aromatic heterocycles. The normalized spacial score (nSPS) is 13.1. The van der Waals surface area contributed by atoms with Crippen molar-refractivity contribution < 1.29 is 14.7 Å². The molecule has 1 fully saturated rings. The molecule has 0 atom stereocenters. The second-order valence-corrected chi connectivity index (χ2v) is 6.90. The minimum absolute atomic E-state index is 0.0206. The molecule has 0 radical (unpaired) electrons. The van der Waals surface area contributed by atoms with Crippen LogP contribution in [0.3, 0.4) is 0 Å². The SMILES string of the molecule is CCNC(=O)n1nc(-c2cc(NC(=O)c3cccnc3)ccc2O)cc1C1CC1. The molecule has 0 spiro atoms. The number of aromatic hydroxyl groups is 1. The first-order chi connectivity index (χ1) is 14.1. The predicted octanol–water partition coefficient (Wildman–Crippen LogP) is 3.36. The highest BCUT2D eigenvalue weighted by Gasteiger charge is 2.30. The lowest BCUT2D eigenvalue weighted by Gasteiger charge is -2.08. The van der Waals surface area contributed by atoms with Gasteiger partial charge < -0.3 is 15.7 Å². The number of phenols is 1. The summed E-state index contributed by atoms with van der Waals surface area (Å²) in [7, 11) is 0. The van der Waals surface area contributed by atoms with E-state index in [-0.39, 0.29) is 17.7 Å². The van der Waals surface area contributed by atoms with E-state index in [9.17, 15) is 14.7 Å². The number of amides is 2. The van der Waals surface area contributed by atoms with Crippen molar-refractivity contribution in [3.05, 3.63) is 60.0 Å². The van der Waals surface area contributed by atoms with Crippen LogP contribution in [0.1, 0.15) is 41.7 Å². The van der Waals surface area contributed by atoms with E-state index in [0.29, 0.717) is 35.0 Å². The molecule has 8 heteroatoms. The average molecular weight is 391 g/mol. The van der Waals surface area contributed by atoms with Crippen LogP contribution in [0.4, 0.5) is 10.5 Å². The first-order valence-corrected chi connectivity index (χ1v) is 9.49. The van der Waals surface area contributed by atoms with Crippen LogP contribution in [-0.2, 0) is 0 Å². The van der Waals surface area contributed by atoms with Gasteiger partial charge in [0.25, 0.3) is 5.91 Å². The van der Waals surface area contributed by atoms with E-state index >= 15 is 0 Å². The maximum Gasteiger partial charge on any atom is 0.342 e. The van der Waals surface area contributed by atoms with Gasteiger partial charge >= 0.3 is 6.03 Å². The number of aromatic nitrogens is 3. The number of nitrogens with one attached hydrogen (secondary N) is 2. The van der Waals surface area contributed by atoms with Gasteiger partial charge in [-0.05, 0) is 56.2 Å². The standard InChI is InChI=1S/C21H21N5O3/c1-2-23-21(29)26-18(13-5-6-13)11-17(25-26)16-10-15(7-8-19(16)27)24-20(28)14-4-3-9-22-12-14/h3-4,7-13,27H,2,5-6H2,1H3,(H,23,29)(H,24,28). The van der Waals surface area contributed by atoms with Crippen LogP contribution in [0.2, 0.25) is 0 Å². The topological polar surface area (TPSA) is 109 Å². The fourth-order valence-electron chi connectivity index (χ4n) is 3.11. The largest absolute Gasteiger partial charge is 0.507 e. The lowest BCUT2D eigenvalue weighted by molar-refractivity contribution is 0.102. The summed E-state index contributed by atoms with van der Waals surface area (Å²) in [6, 6.07) is 9.64. The molecule has 1 aromatic carbocycles. The maximum atomic E-state index is 12.4. The van der Waals surface area contributed by atoms with Crippen LogP contribution in [0, 0.1) is 0 Å². The zero-order valence-corrected chi connectivity index (χ0v) is 15.9. The number of benzene rings is 1. The van der Waals surface area contributed by atoms with E-state index in [1.807, 2.05) is 13.0 Å². The number of hydrogen-bond acceptors (Lipinski definition) is 5. The second kappa shape index (κ2) is 7.75. The Morgan fingerprint density at radius 1 is 1.24 bits per heavy atom. The lowest BCUT2D eigenvalue weighted by Crippen LogP contribution is -2.30. The van der Waals surface area contributed by atoms with Crippen LogP contribution >= 0.6 is 0 Å². The molecule has 1 saturated carbocycles. The first-order valence-electron chi connectivity index (χ1n) is 9.49. The number of pyridine rings is 1. The minimum Gasteiger partial charge on any atom is -0.507 e. The zero-order chi connectivity index (χ0) is 20.4. The van der Waals surface area contributed by atoms with Crippen molar-refractivity contribution in [2.75, 3.05) is 11.9 Å². The molecule has 0 aliphatic heterocycles. The zero-order valence-electron chi connectivity index (χ0n) is 15.9. The van der Waals surface area contributed by atoms with Gasteiger partial charge in [0.2, 0.25) is 0 Å². The molecule has 3 aromatic rings. The quantitative estimate of drug-likeness (QED) is 0.578. The summed E-state index contributed by atoms with van der Waals surface area (Å²) in [6.07, 6.45) is 5.10. The molecule has 148 valence electrons. The van der Waals surface area contributed by atoms with Crippen LogP contribution < -0.4 is 10.6 Å². The summed E-state index contributed by atoms with van der Waals surface area (Å²) < 4.78 is 1.37. The monoisotopic (exact) mass is 391 g/mol. The fourth-order valence-corrected chi connectivity index (χ4v) is 3.11. The Morgan fingerprint density at radius 2 is 2.07 bits per heavy atom. The van der Waals surface area contributed by atoms with Crippen molar-refractivity contribution >= 4 is 17.6 Å². The van der Waals surface area contributed by atoms with Gasteiger partial charge in [0, 0.05) is 36.1 Å². The molecule has 1 aliphatic carbocycles. The summed E-state index contributed by atoms with van der Waals surface area (Å²) in [5.41, 5.74) is 2.69. The van der Waals surface area contributed by atoms with E-state index in [4.69, 9.17) is 0 Å². The van der Waals surface area contributed by atoms with Crippen LogP contribution in [0.15, 0.2) is 48.8 Å². The van der Waals surface area contributed by atoms with Gasteiger partial charge in [-0.15, -0.1) is 0 Å². The van der Waals surface area contributed by atoms with E-state index < -0.39 is 0 Å². The molecule has 2 heterocycles. The summed E-state index contributed by atoms with van der Waals surface area (Å²) in [4.78, 5) is 28.7. The molecule has 0 unspecified atom stereocenters. The van der Waals surface area contributed by atoms with Crippen LogP contribution in [0.25, 0.3) is 11.3 Å². The molecular formula is C21H21N5O3. The molecule has 0 saturated heterocycles.